The van der Waals surface area contributed by atoms with Crippen LogP contribution in [0.15, 0.2) is 42.5 Å². The molecule has 1 aromatic heterocycles. The number of fused-ring (bicyclic) bond motifs is 4. The lowest BCUT2D eigenvalue weighted by molar-refractivity contribution is -0.188. The van der Waals surface area contributed by atoms with Gasteiger partial charge in [0.05, 0.1) is 18.7 Å². The zero-order chi connectivity index (χ0) is 36.0. The van der Waals surface area contributed by atoms with Crippen LogP contribution >= 0.6 is 0 Å². The second-order valence-corrected chi connectivity index (χ2v) is 15.8. The van der Waals surface area contributed by atoms with E-state index < -0.39 is 30.0 Å². The van der Waals surface area contributed by atoms with E-state index in [1.54, 1.807) is 36.4 Å². The summed E-state index contributed by atoms with van der Waals surface area (Å²) in [5.41, 5.74) is 1.64. The molecule has 3 aliphatic heterocycles. The van der Waals surface area contributed by atoms with Gasteiger partial charge in [0.25, 0.3) is 0 Å². The molecule has 2 unspecified atom stereocenters. The standard InChI is InChI=1S/C40H39F4N5O3/c1-2-24-4-3-5-25-18-28(50)19-31(32(24)25)29-8-9-30-34(33(29)41)45-37(52-23-39(12-13-39)22-47-16-14-38(10-11-38)15-17-47)46-35(30)48-20-26-6-7-27(21-48)49(26)36(51)40(42,43)44/h1,3-5,8-9,18-19,26-27,50H,6-7,10-17,20-23H2. The van der Waals surface area contributed by atoms with Gasteiger partial charge in [-0.15, -0.1) is 6.42 Å². The highest BCUT2D eigenvalue weighted by atomic mass is 19.4. The zero-order valence-electron chi connectivity index (χ0n) is 28.7. The average Bonchev–Trinajstić information content (AvgIpc) is 4.05. The Morgan fingerprint density at radius 2 is 1.71 bits per heavy atom. The molecule has 8 nitrogen and oxygen atoms in total. The largest absolute Gasteiger partial charge is 0.508 e. The molecule has 4 heterocycles. The normalized spacial score (nSPS) is 23.3. The van der Waals surface area contributed by atoms with Crippen molar-refractivity contribution in [1.29, 1.82) is 0 Å². The van der Waals surface area contributed by atoms with E-state index in [0.29, 0.717) is 58.0 Å². The van der Waals surface area contributed by atoms with Crippen LogP contribution in [0.5, 0.6) is 11.8 Å². The number of aromatic hydroxyl groups is 1. The predicted molar refractivity (Wildman–Crippen MR) is 188 cm³/mol. The second-order valence-electron chi connectivity index (χ2n) is 15.8. The van der Waals surface area contributed by atoms with Crippen molar-refractivity contribution in [2.24, 2.45) is 10.8 Å². The summed E-state index contributed by atoms with van der Waals surface area (Å²) in [7, 11) is 0. The van der Waals surface area contributed by atoms with Crippen molar-refractivity contribution in [3.63, 3.8) is 0 Å². The van der Waals surface area contributed by atoms with Crippen molar-refractivity contribution in [2.45, 2.75) is 69.6 Å². The van der Waals surface area contributed by atoms with Gasteiger partial charge in [0.2, 0.25) is 0 Å². The van der Waals surface area contributed by atoms with Crippen LogP contribution in [0.3, 0.4) is 0 Å². The van der Waals surface area contributed by atoms with Crippen molar-refractivity contribution >= 4 is 33.4 Å². The molecule has 5 aliphatic rings. The molecule has 270 valence electrons. The van der Waals surface area contributed by atoms with E-state index in [2.05, 4.69) is 15.8 Å². The lowest BCUT2D eigenvalue weighted by atomic mass is 9.93. The monoisotopic (exact) mass is 713 g/mol. The summed E-state index contributed by atoms with van der Waals surface area (Å²) < 4.78 is 64.0. The smallest absolute Gasteiger partial charge is 0.471 e. The Morgan fingerprint density at radius 1 is 0.981 bits per heavy atom. The summed E-state index contributed by atoms with van der Waals surface area (Å²) in [4.78, 5) is 27.2. The molecule has 9 rings (SSSR count). The van der Waals surface area contributed by atoms with Crippen molar-refractivity contribution in [2.75, 3.05) is 44.2 Å². The SMILES string of the molecule is C#Cc1cccc2cc(O)cc(-c3ccc4c(N5CC6CCC(C5)N6C(=O)C(F)(F)F)nc(OCC5(CN6CCC7(CC6)CC7)CC5)nc4c3F)c12. The van der Waals surface area contributed by atoms with Crippen LogP contribution in [-0.4, -0.2) is 88.4 Å². The number of carbonyl (C=O) groups excluding carboxylic acids is 1. The van der Waals surface area contributed by atoms with Crippen LogP contribution in [0.4, 0.5) is 23.4 Å². The van der Waals surface area contributed by atoms with Crippen LogP contribution in [0, 0.1) is 29.0 Å². The molecule has 2 atom stereocenters. The fraction of sp³-hybridized carbons (Fsp3) is 0.475. The van der Waals surface area contributed by atoms with Crippen molar-refractivity contribution in [3.05, 3.63) is 53.8 Å². The van der Waals surface area contributed by atoms with E-state index in [1.165, 1.54) is 31.7 Å². The van der Waals surface area contributed by atoms with Gasteiger partial charge in [0.1, 0.15) is 17.1 Å². The third-order valence-corrected chi connectivity index (χ3v) is 12.3. The molecule has 2 aliphatic carbocycles. The summed E-state index contributed by atoms with van der Waals surface area (Å²) in [5.74, 6) is 0.470. The number of piperidine rings is 1. The van der Waals surface area contributed by atoms with E-state index in [1.807, 2.05) is 4.90 Å². The van der Waals surface area contributed by atoms with Crippen molar-refractivity contribution in [3.8, 4) is 35.2 Å². The quantitative estimate of drug-likeness (QED) is 0.162. The van der Waals surface area contributed by atoms with Gasteiger partial charge >= 0.3 is 18.1 Å². The Labute approximate surface area is 298 Å². The van der Waals surface area contributed by atoms with E-state index in [0.717, 1.165) is 37.4 Å². The molecular weight excluding hydrogens is 674 g/mol. The molecule has 12 heteroatoms. The van der Waals surface area contributed by atoms with Crippen molar-refractivity contribution in [1.82, 2.24) is 19.8 Å². The second kappa shape index (κ2) is 12.0. The molecule has 4 aromatic rings. The fourth-order valence-electron chi connectivity index (χ4n) is 9.02. The first-order chi connectivity index (χ1) is 24.9. The molecule has 0 radical (unpaired) electrons. The van der Waals surface area contributed by atoms with Crippen LogP contribution < -0.4 is 9.64 Å². The van der Waals surface area contributed by atoms with Gasteiger partial charge in [0, 0.05) is 46.9 Å². The molecule has 2 saturated carbocycles. The number of amides is 1. The van der Waals surface area contributed by atoms with E-state index in [4.69, 9.17) is 16.1 Å². The van der Waals surface area contributed by atoms with Gasteiger partial charge < -0.3 is 24.5 Å². The summed E-state index contributed by atoms with van der Waals surface area (Å²) in [6, 6.07) is 10.3. The maximum absolute atomic E-state index is 17.0. The molecule has 1 N–H and O–H groups in total. The Bertz CT molecular complexity index is 2130. The minimum absolute atomic E-state index is 0.00775. The van der Waals surface area contributed by atoms with Crippen LogP contribution in [0.25, 0.3) is 32.8 Å². The number of terminal acetylenes is 1. The number of hydrogen-bond donors (Lipinski definition) is 1. The van der Waals surface area contributed by atoms with E-state index in [9.17, 15) is 23.1 Å². The summed E-state index contributed by atoms with van der Waals surface area (Å²) in [6.07, 6.45) is 8.91. The highest BCUT2D eigenvalue weighted by molar-refractivity contribution is 6.04. The first kappa shape index (κ1) is 33.2. The Hall–Kier alpha value is -4.63. The highest BCUT2D eigenvalue weighted by Gasteiger charge is 2.52. The number of anilines is 1. The summed E-state index contributed by atoms with van der Waals surface area (Å²) >= 11 is 0. The molecule has 5 fully saturated rings. The topological polar surface area (TPSA) is 82.0 Å². The van der Waals surface area contributed by atoms with Gasteiger partial charge in [-0.3, -0.25) is 4.79 Å². The molecule has 2 bridgehead atoms. The average molecular weight is 714 g/mol. The number of phenolic OH excluding ortho intramolecular Hbond substituents is 1. The highest BCUT2D eigenvalue weighted by Crippen LogP contribution is 2.55. The Balaban J connectivity index is 1.09. The lowest BCUT2D eigenvalue weighted by Crippen LogP contribution is -2.59. The third kappa shape index (κ3) is 5.77. The molecule has 1 spiro atoms. The lowest BCUT2D eigenvalue weighted by Gasteiger charge is -2.42. The number of carbonyl (C=O) groups is 1. The number of alkyl halides is 3. The number of benzene rings is 3. The fourth-order valence-corrected chi connectivity index (χ4v) is 9.02. The number of piperazine rings is 1. The maximum atomic E-state index is 17.0. The molecular formula is C40H39F4N5O3. The summed E-state index contributed by atoms with van der Waals surface area (Å²) in [6.45, 7) is 3.67. The Morgan fingerprint density at radius 3 is 2.37 bits per heavy atom. The van der Waals surface area contributed by atoms with Crippen LogP contribution in [0.1, 0.15) is 56.9 Å². The number of halogens is 4. The van der Waals surface area contributed by atoms with Gasteiger partial charge in [0.15, 0.2) is 5.82 Å². The number of likely N-dealkylation sites (tertiary alicyclic amines) is 1. The van der Waals surface area contributed by atoms with E-state index >= 15 is 4.39 Å². The minimum atomic E-state index is -4.97. The number of aromatic nitrogens is 2. The molecule has 1 amide bonds. The number of phenols is 1. The first-order valence-electron chi connectivity index (χ1n) is 18.2. The predicted octanol–water partition coefficient (Wildman–Crippen LogP) is 7.05. The van der Waals surface area contributed by atoms with Gasteiger partial charge in [-0.05, 0) is 105 Å². The summed E-state index contributed by atoms with van der Waals surface area (Å²) in [5, 5.41) is 12.3. The minimum Gasteiger partial charge on any atom is -0.508 e. The first-order valence-corrected chi connectivity index (χ1v) is 18.2. The molecule has 52 heavy (non-hydrogen) atoms. The van der Waals surface area contributed by atoms with Crippen LogP contribution in [-0.2, 0) is 4.79 Å². The molecule has 3 saturated heterocycles. The zero-order valence-corrected chi connectivity index (χ0v) is 28.7. The van der Waals surface area contributed by atoms with Crippen LogP contribution in [0.2, 0.25) is 0 Å². The van der Waals surface area contributed by atoms with Gasteiger partial charge in [-0.1, -0.05) is 24.1 Å². The number of ether oxygens (including phenoxy) is 1. The van der Waals surface area contributed by atoms with Crippen molar-refractivity contribution < 1.29 is 32.2 Å². The van der Waals surface area contributed by atoms with Gasteiger partial charge in [-0.2, -0.15) is 23.1 Å². The maximum Gasteiger partial charge on any atom is 0.471 e. The Kier molecular flexibility index (Phi) is 7.64. The number of nitrogens with zero attached hydrogens (tertiary/aromatic N) is 5. The number of rotatable bonds is 7. The van der Waals surface area contributed by atoms with E-state index in [-0.39, 0.29) is 41.3 Å². The van der Waals surface area contributed by atoms with Gasteiger partial charge in [-0.25, -0.2) is 4.39 Å². The third-order valence-electron chi connectivity index (χ3n) is 12.3. The number of hydrogen-bond acceptors (Lipinski definition) is 7. The molecule has 3 aromatic carbocycles.